The zero-order chi connectivity index (χ0) is 21.7. The Morgan fingerprint density at radius 1 is 1.27 bits per heavy atom. The lowest BCUT2D eigenvalue weighted by Crippen LogP contribution is -2.40. The van der Waals surface area contributed by atoms with E-state index in [-0.39, 0.29) is 18.4 Å². The van der Waals surface area contributed by atoms with Crippen LogP contribution in [0.5, 0.6) is 0 Å². The molecule has 1 saturated carbocycles. The Balaban J connectivity index is 1.96. The number of hydrogen-bond donors (Lipinski definition) is 2. The number of aliphatic imine (C=N–C) groups is 1. The molecule has 0 saturated heterocycles. The number of nitrogens with zero attached hydrogens (tertiary/aromatic N) is 2. The van der Waals surface area contributed by atoms with Crippen LogP contribution in [0.4, 0.5) is 11.4 Å². The Hall–Kier alpha value is -2.24. The molecule has 2 aliphatic rings. The highest BCUT2D eigenvalue weighted by atomic mass is 16.5. The number of rotatable bonds is 8. The van der Waals surface area contributed by atoms with Crippen LogP contribution >= 0.6 is 0 Å². The molecule has 0 amide bonds. The number of benzene rings is 1. The molecule has 1 aliphatic heterocycles. The van der Waals surface area contributed by atoms with Crippen molar-refractivity contribution < 1.29 is 14.6 Å². The second kappa shape index (κ2) is 10.2. The van der Waals surface area contributed by atoms with Crippen LogP contribution in [0.1, 0.15) is 77.7 Å². The largest absolute Gasteiger partial charge is 0.481 e. The molecule has 0 aromatic heterocycles. The van der Waals surface area contributed by atoms with Gasteiger partial charge in [-0.2, -0.15) is 0 Å². The highest BCUT2D eigenvalue weighted by Gasteiger charge is 2.26. The standard InChI is InChI=1S/C24H37N3O3/c1-16(2)14-27(20-8-6-5-7-9-20)22-11-10-19(17(3)12-23(28)29)13-21(22)26-24-25-18(4)15-30-24/h10-11,13,16-18,20H,5-9,12,14-15H2,1-4H3,(H,25,26)(H,28,29)/t17?,18-/m0/s1. The first kappa shape index (κ1) is 22.4. The molecule has 6 nitrogen and oxygen atoms in total. The average Bonchev–Trinajstić information content (AvgIpc) is 3.11. The number of nitrogens with one attached hydrogen (secondary N) is 1. The van der Waals surface area contributed by atoms with Gasteiger partial charge in [0.05, 0.1) is 23.8 Å². The van der Waals surface area contributed by atoms with Gasteiger partial charge < -0.3 is 20.1 Å². The van der Waals surface area contributed by atoms with Crippen LogP contribution in [-0.2, 0) is 9.53 Å². The fraction of sp³-hybridized carbons (Fsp3) is 0.667. The Morgan fingerprint density at radius 3 is 2.60 bits per heavy atom. The van der Waals surface area contributed by atoms with Gasteiger partial charge in [0.15, 0.2) is 0 Å². The summed E-state index contributed by atoms with van der Waals surface area (Å²) in [6.45, 7) is 10.1. The van der Waals surface area contributed by atoms with Crippen molar-refractivity contribution in [2.75, 3.05) is 23.4 Å². The van der Waals surface area contributed by atoms with Gasteiger partial charge in [-0.3, -0.25) is 4.79 Å². The summed E-state index contributed by atoms with van der Waals surface area (Å²) in [5, 5.41) is 12.6. The number of carbonyl (C=O) groups is 1. The van der Waals surface area contributed by atoms with Crippen LogP contribution in [0.3, 0.4) is 0 Å². The molecule has 1 aromatic carbocycles. The smallest absolute Gasteiger partial charge is 0.303 e. The second-order valence-corrected chi connectivity index (χ2v) is 9.33. The lowest BCUT2D eigenvalue weighted by molar-refractivity contribution is -0.137. The molecule has 1 heterocycles. The van der Waals surface area contributed by atoms with Crippen LogP contribution in [0, 0.1) is 5.92 Å². The van der Waals surface area contributed by atoms with Crippen molar-refractivity contribution in [1.82, 2.24) is 0 Å². The Labute approximate surface area is 180 Å². The van der Waals surface area contributed by atoms with Crippen molar-refractivity contribution in [1.29, 1.82) is 0 Å². The van der Waals surface area contributed by atoms with Gasteiger partial charge in [0.25, 0.3) is 6.02 Å². The number of ether oxygens (including phenoxy) is 1. The maximum absolute atomic E-state index is 11.2. The van der Waals surface area contributed by atoms with Crippen molar-refractivity contribution in [2.24, 2.45) is 10.9 Å². The predicted molar refractivity (Wildman–Crippen MR) is 123 cm³/mol. The molecule has 0 spiro atoms. The van der Waals surface area contributed by atoms with Crippen LogP contribution in [-0.4, -0.2) is 42.3 Å². The summed E-state index contributed by atoms with van der Waals surface area (Å²) in [7, 11) is 0. The fourth-order valence-electron chi connectivity index (χ4n) is 4.48. The van der Waals surface area contributed by atoms with Crippen molar-refractivity contribution >= 4 is 23.4 Å². The third-order valence-corrected chi connectivity index (χ3v) is 6.00. The van der Waals surface area contributed by atoms with Crippen LogP contribution in [0.25, 0.3) is 0 Å². The number of hydrogen-bond acceptors (Lipinski definition) is 5. The summed E-state index contributed by atoms with van der Waals surface area (Å²) < 4.78 is 5.72. The van der Waals surface area contributed by atoms with E-state index in [0.717, 1.165) is 23.5 Å². The summed E-state index contributed by atoms with van der Waals surface area (Å²) in [6.07, 6.45) is 6.44. The lowest BCUT2D eigenvalue weighted by atomic mass is 9.92. The van der Waals surface area contributed by atoms with E-state index in [1.165, 1.54) is 32.1 Å². The summed E-state index contributed by atoms with van der Waals surface area (Å²) >= 11 is 0. The Morgan fingerprint density at radius 2 is 2.00 bits per heavy atom. The van der Waals surface area contributed by atoms with Gasteiger partial charge in [-0.05, 0) is 49.3 Å². The number of anilines is 2. The van der Waals surface area contributed by atoms with Crippen LogP contribution in [0.2, 0.25) is 0 Å². The van der Waals surface area contributed by atoms with E-state index in [0.29, 0.717) is 24.6 Å². The third-order valence-electron chi connectivity index (χ3n) is 6.00. The zero-order valence-corrected chi connectivity index (χ0v) is 18.9. The molecule has 1 aliphatic carbocycles. The minimum Gasteiger partial charge on any atom is -0.481 e. The van der Waals surface area contributed by atoms with Gasteiger partial charge in [-0.25, -0.2) is 4.99 Å². The van der Waals surface area contributed by atoms with Crippen LogP contribution in [0.15, 0.2) is 23.2 Å². The van der Waals surface area contributed by atoms with Crippen molar-refractivity contribution in [2.45, 2.75) is 84.2 Å². The molecule has 3 rings (SSSR count). The summed E-state index contributed by atoms with van der Waals surface area (Å²) in [5.74, 6) is -0.289. The van der Waals surface area contributed by atoms with Gasteiger partial charge in [-0.1, -0.05) is 46.1 Å². The minimum absolute atomic E-state index is 0.0595. The molecule has 0 bridgehead atoms. The topological polar surface area (TPSA) is 74.2 Å². The fourth-order valence-corrected chi connectivity index (χ4v) is 4.48. The van der Waals surface area contributed by atoms with Crippen molar-refractivity contribution in [3.8, 4) is 0 Å². The maximum Gasteiger partial charge on any atom is 0.303 e. The number of aliphatic carboxylic acids is 1. The molecular formula is C24H37N3O3. The van der Waals surface area contributed by atoms with Gasteiger partial charge in [0.2, 0.25) is 0 Å². The highest BCUT2D eigenvalue weighted by Crippen LogP contribution is 2.36. The van der Waals surface area contributed by atoms with Gasteiger partial charge in [0, 0.05) is 12.6 Å². The Kier molecular flexibility index (Phi) is 7.62. The quantitative estimate of drug-likeness (QED) is 0.607. The first-order valence-corrected chi connectivity index (χ1v) is 11.4. The molecule has 2 atom stereocenters. The summed E-state index contributed by atoms with van der Waals surface area (Å²) in [5.41, 5.74) is 3.14. The first-order chi connectivity index (χ1) is 14.3. The van der Waals surface area contributed by atoms with Gasteiger partial charge in [0.1, 0.15) is 6.61 Å². The molecule has 1 aromatic rings. The van der Waals surface area contributed by atoms with E-state index in [4.69, 9.17) is 4.74 Å². The SMILES string of the molecule is CC(C)CN(c1ccc(C(C)CC(=O)O)cc1NC1=N[C@@H](C)CO1)C1CCCCC1. The minimum atomic E-state index is -0.776. The van der Waals surface area contributed by atoms with E-state index in [1.807, 2.05) is 13.8 Å². The molecule has 6 heteroatoms. The van der Waals surface area contributed by atoms with Gasteiger partial charge in [-0.15, -0.1) is 0 Å². The monoisotopic (exact) mass is 415 g/mol. The summed E-state index contributed by atoms with van der Waals surface area (Å²) in [6, 6.07) is 7.58. The average molecular weight is 416 g/mol. The molecule has 1 unspecified atom stereocenters. The van der Waals surface area contributed by atoms with E-state index < -0.39 is 5.97 Å². The van der Waals surface area contributed by atoms with E-state index >= 15 is 0 Å². The lowest BCUT2D eigenvalue weighted by Gasteiger charge is -2.38. The van der Waals surface area contributed by atoms with Crippen molar-refractivity contribution in [3.05, 3.63) is 23.8 Å². The normalized spacial score (nSPS) is 20.6. The molecule has 0 radical (unpaired) electrons. The number of amidine groups is 1. The molecule has 30 heavy (non-hydrogen) atoms. The van der Waals surface area contributed by atoms with Crippen molar-refractivity contribution in [3.63, 3.8) is 0 Å². The third kappa shape index (κ3) is 5.89. The molecule has 166 valence electrons. The first-order valence-electron chi connectivity index (χ1n) is 11.4. The highest BCUT2D eigenvalue weighted by molar-refractivity contribution is 5.94. The van der Waals surface area contributed by atoms with Gasteiger partial charge >= 0.3 is 5.97 Å². The second-order valence-electron chi connectivity index (χ2n) is 9.33. The maximum atomic E-state index is 11.2. The van der Waals surface area contributed by atoms with E-state index in [1.54, 1.807) is 0 Å². The zero-order valence-electron chi connectivity index (χ0n) is 18.9. The van der Waals surface area contributed by atoms with E-state index in [2.05, 4.69) is 47.3 Å². The molecule has 2 N–H and O–H groups in total. The van der Waals surface area contributed by atoms with E-state index in [9.17, 15) is 9.90 Å². The van der Waals surface area contributed by atoms with Crippen LogP contribution < -0.4 is 10.2 Å². The predicted octanol–water partition coefficient (Wildman–Crippen LogP) is 5.25. The molecular weight excluding hydrogens is 378 g/mol. The Bertz CT molecular complexity index is 756. The number of carboxylic acids is 1. The summed E-state index contributed by atoms with van der Waals surface area (Å²) in [4.78, 5) is 18.3. The number of carboxylic acid groups (broad SMARTS) is 1. The molecule has 1 fully saturated rings.